The predicted octanol–water partition coefficient (Wildman–Crippen LogP) is 1.46. The van der Waals surface area contributed by atoms with E-state index >= 15 is 0 Å². The molecule has 1 aromatic heterocycles. The Labute approximate surface area is 167 Å². The maximum absolute atomic E-state index is 12.8. The van der Waals surface area contributed by atoms with Crippen LogP contribution in [0.25, 0.3) is 0 Å². The molecular formula is C19H35N7O2. The van der Waals surface area contributed by atoms with E-state index in [1.165, 1.54) is 12.8 Å². The number of methoxy groups -OCH3 is 1. The molecule has 2 aliphatic rings. The number of urea groups is 1. The second-order valence-corrected chi connectivity index (χ2v) is 8.38. The molecule has 0 saturated carbocycles. The molecule has 2 aliphatic heterocycles. The molecule has 0 bridgehead atoms. The number of likely N-dealkylation sites (tertiary alicyclic amines) is 2. The van der Waals surface area contributed by atoms with Gasteiger partial charge in [0, 0.05) is 26.7 Å². The number of amides is 2. The van der Waals surface area contributed by atoms with Crippen molar-refractivity contribution in [3.63, 3.8) is 0 Å². The van der Waals surface area contributed by atoms with Gasteiger partial charge in [0.05, 0.1) is 13.2 Å². The van der Waals surface area contributed by atoms with Gasteiger partial charge in [0.1, 0.15) is 5.54 Å². The Balaban J connectivity index is 1.80. The highest BCUT2D eigenvalue weighted by molar-refractivity contribution is 5.74. The van der Waals surface area contributed by atoms with Crippen molar-refractivity contribution >= 4 is 6.03 Å². The molecule has 0 aliphatic carbocycles. The van der Waals surface area contributed by atoms with Crippen LogP contribution in [0.3, 0.4) is 0 Å². The molecule has 2 amide bonds. The van der Waals surface area contributed by atoms with Gasteiger partial charge < -0.3 is 15.0 Å². The third kappa shape index (κ3) is 4.63. The zero-order valence-electron chi connectivity index (χ0n) is 17.6. The van der Waals surface area contributed by atoms with Crippen molar-refractivity contribution in [3.05, 3.63) is 5.82 Å². The van der Waals surface area contributed by atoms with Crippen molar-refractivity contribution in [1.29, 1.82) is 0 Å². The zero-order chi connectivity index (χ0) is 20.0. The van der Waals surface area contributed by atoms with Crippen molar-refractivity contribution in [1.82, 2.24) is 35.3 Å². The summed E-state index contributed by atoms with van der Waals surface area (Å²) in [6.45, 7) is 9.71. The van der Waals surface area contributed by atoms with Crippen LogP contribution in [-0.2, 0) is 16.8 Å². The minimum atomic E-state index is -0.318. The van der Waals surface area contributed by atoms with Crippen LogP contribution in [0.1, 0.15) is 51.8 Å². The maximum atomic E-state index is 12.8. The lowest BCUT2D eigenvalue weighted by atomic mass is 9.86. The molecule has 1 aromatic rings. The largest absolute Gasteiger partial charge is 0.383 e. The molecular weight excluding hydrogens is 358 g/mol. The first kappa shape index (κ1) is 21.0. The maximum Gasteiger partial charge on any atom is 0.317 e. The number of hydrogen-bond acceptors (Lipinski definition) is 6. The van der Waals surface area contributed by atoms with Crippen LogP contribution in [0.2, 0.25) is 0 Å². The van der Waals surface area contributed by atoms with Crippen molar-refractivity contribution in [3.8, 4) is 0 Å². The summed E-state index contributed by atoms with van der Waals surface area (Å²) in [5.41, 5.74) is -0.318. The number of rotatable bonds is 8. The molecule has 158 valence electrons. The fourth-order valence-electron chi connectivity index (χ4n) is 4.38. The van der Waals surface area contributed by atoms with Crippen LogP contribution in [0.4, 0.5) is 4.79 Å². The molecule has 9 nitrogen and oxygen atoms in total. The molecule has 3 heterocycles. The van der Waals surface area contributed by atoms with E-state index in [4.69, 9.17) is 4.74 Å². The highest BCUT2D eigenvalue weighted by Gasteiger charge is 2.47. The highest BCUT2D eigenvalue weighted by atomic mass is 16.5. The highest BCUT2D eigenvalue weighted by Crippen LogP contribution is 2.38. The van der Waals surface area contributed by atoms with Gasteiger partial charge in [-0.3, -0.25) is 4.90 Å². The van der Waals surface area contributed by atoms with Crippen LogP contribution in [0.15, 0.2) is 0 Å². The van der Waals surface area contributed by atoms with Crippen molar-refractivity contribution in [2.45, 2.75) is 58.0 Å². The molecule has 0 aromatic carbocycles. The smallest absolute Gasteiger partial charge is 0.317 e. The van der Waals surface area contributed by atoms with E-state index in [1.807, 2.05) is 9.58 Å². The monoisotopic (exact) mass is 393 g/mol. The molecule has 2 saturated heterocycles. The topological polar surface area (TPSA) is 88.4 Å². The molecule has 3 rings (SSSR count). The van der Waals surface area contributed by atoms with Gasteiger partial charge in [-0.1, -0.05) is 13.8 Å². The second-order valence-electron chi connectivity index (χ2n) is 8.38. The summed E-state index contributed by atoms with van der Waals surface area (Å²) < 4.78 is 7.10. The minimum absolute atomic E-state index is 0.0276. The number of hydrogen-bond donors (Lipinski definition) is 1. The number of nitrogens with zero attached hydrogens (tertiary/aromatic N) is 6. The number of nitrogens with one attached hydrogen (secondary N) is 1. The van der Waals surface area contributed by atoms with Gasteiger partial charge in [-0.2, -0.15) is 0 Å². The van der Waals surface area contributed by atoms with Crippen LogP contribution in [0.5, 0.6) is 0 Å². The fourth-order valence-corrected chi connectivity index (χ4v) is 4.38. The Morgan fingerprint density at radius 3 is 2.75 bits per heavy atom. The molecule has 0 spiro atoms. The number of piperidine rings is 1. The van der Waals surface area contributed by atoms with Crippen LogP contribution >= 0.6 is 0 Å². The Morgan fingerprint density at radius 1 is 1.25 bits per heavy atom. The molecule has 0 radical (unpaired) electrons. The quantitative estimate of drug-likeness (QED) is 0.719. The van der Waals surface area contributed by atoms with Crippen LogP contribution in [-0.4, -0.2) is 82.5 Å². The molecule has 1 unspecified atom stereocenters. The number of carbonyl (C=O) groups excluding carboxylic acids is 1. The van der Waals surface area contributed by atoms with Gasteiger partial charge in [0.15, 0.2) is 5.82 Å². The molecule has 28 heavy (non-hydrogen) atoms. The van der Waals surface area contributed by atoms with E-state index in [1.54, 1.807) is 7.11 Å². The van der Waals surface area contributed by atoms with E-state index in [2.05, 4.69) is 39.6 Å². The lowest BCUT2D eigenvalue weighted by Gasteiger charge is -2.47. The Hall–Kier alpha value is -1.74. The average Bonchev–Trinajstić information content (AvgIpc) is 3.38. The molecule has 2 fully saturated rings. The minimum Gasteiger partial charge on any atom is -0.383 e. The summed E-state index contributed by atoms with van der Waals surface area (Å²) in [5, 5.41) is 15.7. The molecule has 1 atom stereocenters. The third-order valence-electron chi connectivity index (χ3n) is 5.92. The van der Waals surface area contributed by atoms with Gasteiger partial charge in [-0.05, 0) is 61.5 Å². The standard InChI is InChI=1S/C19H35N7O2/c1-16(2)7-9-20-18(27)24-10-6-8-19(15-24,25-11-4-5-12-25)17-21-22-23-26(17)13-14-28-3/h16H,4-15H2,1-3H3,(H,20,27). The average molecular weight is 394 g/mol. The Morgan fingerprint density at radius 2 is 2.04 bits per heavy atom. The summed E-state index contributed by atoms with van der Waals surface area (Å²) in [4.78, 5) is 17.3. The lowest BCUT2D eigenvalue weighted by molar-refractivity contribution is 0.0254. The van der Waals surface area contributed by atoms with E-state index in [0.29, 0.717) is 25.6 Å². The van der Waals surface area contributed by atoms with Crippen molar-refractivity contribution in [2.24, 2.45) is 5.92 Å². The van der Waals surface area contributed by atoms with Gasteiger partial charge in [-0.25, -0.2) is 9.48 Å². The number of aromatic nitrogens is 4. The number of tetrazole rings is 1. The van der Waals surface area contributed by atoms with Gasteiger partial charge in [0.2, 0.25) is 0 Å². The van der Waals surface area contributed by atoms with E-state index in [9.17, 15) is 4.79 Å². The summed E-state index contributed by atoms with van der Waals surface area (Å²) in [7, 11) is 1.68. The zero-order valence-corrected chi connectivity index (χ0v) is 17.6. The van der Waals surface area contributed by atoms with Gasteiger partial charge >= 0.3 is 6.03 Å². The first-order valence-electron chi connectivity index (χ1n) is 10.6. The van der Waals surface area contributed by atoms with Crippen LogP contribution < -0.4 is 5.32 Å². The normalized spacial score (nSPS) is 23.5. The van der Waals surface area contributed by atoms with Gasteiger partial charge in [0.25, 0.3) is 0 Å². The fraction of sp³-hybridized carbons (Fsp3) is 0.895. The van der Waals surface area contributed by atoms with Crippen molar-refractivity contribution < 1.29 is 9.53 Å². The second kappa shape index (κ2) is 9.65. The summed E-state index contributed by atoms with van der Waals surface area (Å²) >= 11 is 0. The SMILES string of the molecule is COCCn1nnnc1C1(N2CCCC2)CCCN(C(=O)NCCC(C)C)C1. The number of ether oxygens (including phenoxy) is 1. The van der Waals surface area contributed by atoms with Crippen molar-refractivity contribution in [2.75, 3.05) is 46.4 Å². The first-order valence-corrected chi connectivity index (χ1v) is 10.6. The number of carbonyl (C=O) groups is 1. The predicted molar refractivity (Wildman–Crippen MR) is 106 cm³/mol. The van der Waals surface area contributed by atoms with E-state index in [-0.39, 0.29) is 11.6 Å². The summed E-state index contributed by atoms with van der Waals surface area (Å²) in [5.74, 6) is 1.45. The lowest BCUT2D eigenvalue weighted by Crippen LogP contribution is -2.59. The van der Waals surface area contributed by atoms with Crippen LogP contribution in [0, 0.1) is 5.92 Å². The molecule has 9 heteroatoms. The third-order valence-corrected chi connectivity index (χ3v) is 5.92. The summed E-state index contributed by atoms with van der Waals surface area (Å²) in [6, 6.07) is 0.0276. The molecule has 1 N–H and O–H groups in total. The van der Waals surface area contributed by atoms with E-state index < -0.39 is 0 Å². The summed E-state index contributed by atoms with van der Waals surface area (Å²) in [6.07, 6.45) is 5.28. The Kier molecular flexibility index (Phi) is 7.23. The first-order chi connectivity index (χ1) is 13.6. The van der Waals surface area contributed by atoms with Gasteiger partial charge in [-0.15, -0.1) is 5.10 Å². The van der Waals surface area contributed by atoms with E-state index in [0.717, 1.165) is 51.3 Å². The Bertz CT molecular complexity index is 630.